The van der Waals surface area contributed by atoms with Crippen LogP contribution < -0.4 is 5.32 Å². The molecular formula is C13H25ClN2O3. The van der Waals surface area contributed by atoms with Crippen molar-refractivity contribution in [3.8, 4) is 0 Å². The number of likely N-dealkylation sites (tertiary alicyclic amines) is 1. The van der Waals surface area contributed by atoms with E-state index in [1.54, 1.807) is 4.90 Å². The molecule has 1 amide bonds. The number of aliphatic hydroxyl groups is 1. The molecule has 0 radical (unpaired) electrons. The average Bonchev–Trinajstić information content (AvgIpc) is 2.59. The lowest BCUT2D eigenvalue weighted by Crippen LogP contribution is -2.56. The second kappa shape index (κ2) is 5.85. The number of hydrogen-bond donors (Lipinski definition) is 2. The fraction of sp³-hybridized carbons (Fsp3) is 0.923. The van der Waals surface area contributed by atoms with Crippen molar-refractivity contribution < 1.29 is 14.6 Å². The zero-order valence-corrected chi connectivity index (χ0v) is 12.8. The van der Waals surface area contributed by atoms with Crippen LogP contribution in [0.3, 0.4) is 0 Å². The summed E-state index contributed by atoms with van der Waals surface area (Å²) in [6.45, 7) is 7.79. The van der Waals surface area contributed by atoms with Gasteiger partial charge in [0.15, 0.2) is 0 Å². The van der Waals surface area contributed by atoms with Crippen LogP contribution in [0.25, 0.3) is 0 Å². The molecule has 2 aliphatic heterocycles. The van der Waals surface area contributed by atoms with Gasteiger partial charge in [-0.15, -0.1) is 12.4 Å². The molecule has 0 aromatic rings. The molecule has 0 aromatic heterocycles. The minimum atomic E-state index is -0.447. The van der Waals surface area contributed by atoms with Crippen molar-refractivity contribution in [2.24, 2.45) is 0 Å². The molecule has 0 aliphatic carbocycles. The van der Waals surface area contributed by atoms with E-state index in [1.807, 2.05) is 20.8 Å². The van der Waals surface area contributed by atoms with Crippen LogP contribution in [-0.4, -0.2) is 53.0 Å². The minimum absolute atomic E-state index is 0. The smallest absolute Gasteiger partial charge is 0.410 e. The van der Waals surface area contributed by atoms with Gasteiger partial charge in [-0.05, 0) is 46.6 Å². The summed E-state index contributed by atoms with van der Waals surface area (Å²) in [5.41, 5.74) is -0.615. The maximum absolute atomic E-state index is 11.9. The topological polar surface area (TPSA) is 61.8 Å². The largest absolute Gasteiger partial charge is 0.444 e. The molecule has 0 bridgehead atoms. The van der Waals surface area contributed by atoms with Crippen LogP contribution in [0.4, 0.5) is 4.79 Å². The van der Waals surface area contributed by atoms with Gasteiger partial charge in [0.05, 0.1) is 6.10 Å². The predicted octanol–water partition coefficient (Wildman–Crippen LogP) is 1.53. The number of nitrogens with zero attached hydrogens (tertiary/aromatic N) is 1. The van der Waals surface area contributed by atoms with E-state index >= 15 is 0 Å². The summed E-state index contributed by atoms with van der Waals surface area (Å²) >= 11 is 0. The maximum atomic E-state index is 11.9. The minimum Gasteiger partial charge on any atom is -0.444 e. The Morgan fingerprint density at radius 2 is 1.95 bits per heavy atom. The van der Waals surface area contributed by atoms with Gasteiger partial charge < -0.3 is 20.1 Å². The highest BCUT2D eigenvalue weighted by Crippen LogP contribution is 2.31. The Bertz CT molecular complexity index is 322. The Hall–Kier alpha value is -0.520. The first-order chi connectivity index (χ1) is 8.32. The first-order valence-corrected chi connectivity index (χ1v) is 6.73. The van der Waals surface area contributed by atoms with Crippen LogP contribution in [0.5, 0.6) is 0 Å². The number of hydrogen-bond acceptors (Lipinski definition) is 4. The van der Waals surface area contributed by atoms with E-state index in [-0.39, 0.29) is 30.1 Å². The van der Waals surface area contributed by atoms with Gasteiger partial charge in [0.25, 0.3) is 0 Å². The highest BCUT2D eigenvalue weighted by Gasteiger charge is 2.44. The second-order valence-electron chi connectivity index (χ2n) is 6.35. The molecule has 1 atom stereocenters. The van der Waals surface area contributed by atoms with Crippen LogP contribution in [0.15, 0.2) is 0 Å². The van der Waals surface area contributed by atoms with Gasteiger partial charge in [0.1, 0.15) is 5.60 Å². The van der Waals surface area contributed by atoms with Gasteiger partial charge in [-0.2, -0.15) is 0 Å². The summed E-state index contributed by atoms with van der Waals surface area (Å²) in [7, 11) is 0. The Morgan fingerprint density at radius 1 is 1.37 bits per heavy atom. The third kappa shape index (κ3) is 3.74. The molecule has 2 fully saturated rings. The van der Waals surface area contributed by atoms with E-state index in [9.17, 15) is 9.90 Å². The van der Waals surface area contributed by atoms with Crippen molar-refractivity contribution in [2.75, 3.05) is 19.6 Å². The van der Waals surface area contributed by atoms with Crippen molar-refractivity contribution in [1.29, 1.82) is 0 Å². The normalized spacial score (nSPS) is 26.1. The van der Waals surface area contributed by atoms with Crippen molar-refractivity contribution >= 4 is 18.5 Å². The Morgan fingerprint density at radius 3 is 2.37 bits per heavy atom. The molecule has 2 heterocycles. The van der Waals surface area contributed by atoms with E-state index in [4.69, 9.17) is 4.74 Å². The van der Waals surface area contributed by atoms with Crippen molar-refractivity contribution in [1.82, 2.24) is 10.2 Å². The number of carbonyl (C=O) groups is 1. The molecule has 1 unspecified atom stereocenters. The van der Waals surface area contributed by atoms with Crippen LogP contribution in [-0.2, 0) is 4.74 Å². The van der Waals surface area contributed by atoms with Gasteiger partial charge >= 0.3 is 6.09 Å². The summed E-state index contributed by atoms with van der Waals surface area (Å²) in [6, 6.07) is 0. The Labute approximate surface area is 121 Å². The lowest BCUT2D eigenvalue weighted by molar-refractivity contribution is 0.00283. The SMILES string of the molecule is CC(C)(C)OC(=O)N1CCC2(CC1)NCCC2O.Cl. The van der Waals surface area contributed by atoms with Gasteiger partial charge in [-0.1, -0.05) is 0 Å². The van der Waals surface area contributed by atoms with E-state index < -0.39 is 5.60 Å². The van der Waals surface area contributed by atoms with Crippen LogP contribution in [0.1, 0.15) is 40.0 Å². The summed E-state index contributed by atoms with van der Waals surface area (Å²) in [4.78, 5) is 13.7. The molecule has 0 aromatic carbocycles. The highest BCUT2D eigenvalue weighted by atomic mass is 35.5. The number of carbonyl (C=O) groups excluding carboxylic acids is 1. The molecule has 112 valence electrons. The Kier molecular flexibility index (Phi) is 5.09. The first-order valence-electron chi connectivity index (χ1n) is 6.73. The fourth-order valence-electron chi connectivity index (χ4n) is 2.78. The predicted molar refractivity (Wildman–Crippen MR) is 75.6 cm³/mol. The van der Waals surface area contributed by atoms with Crippen molar-refractivity contribution in [3.63, 3.8) is 0 Å². The third-order valence-corrected chi connectivity index (χ3v) is 3.84. The molecule has 2 N–H and O–H groups in total. The second-order valence-corrected chi connectivity index (χ2v) is 6.35. The summed E-state index contributed by atoms with van der Waals surface area (Å²) < 4.78 is 5.36. The Balaban J connectivity index is 0.00000180. The average molecular weight is 293 g/mol. The van der Waals surface area contributed by atoms with E-state index in [0.717, 1.165) is 25.8 Å². The number of aliphatic hydroxyl groups excluding tert-OH is 1. The number of halogens is 1. The van der Waals surface area contributed by atoms with E-state index in [0.29, 0.717) is 13.1 Å². The molecule has 2 saturated heterocycles. The number of ether oxygens (including phenoxy) is 1. The fourth-order valence-corrected chi connectivity index (χ4v) is 2.78. The third-order valence-electron chi connectivity index (χ3n) is 3.84. The summed E-state index contributed by atoms with van der Waals surface area (Å²) in [5, 5.41) is 13.4. The highest BCUT2D eigenvalue weighted by molar-refractivity contribution is 5.85. The monoisotopic (exact) mass is 292 g/mol. The lowest BCUT2D eigenvalue weighted by atomic mass is 9.84. The molecular weight excluding hydrogens is 268 g/mol. The quantitative estimate of drug-likeness (QED) is 0.711. The zero-order valence-electron chi connectivity index (χ0n) is 11.9. The van der Waals surface area contributed by atoms with Crippen molar-refractivity contribution in [3.05, 3.63) is 0 Å². The van der Waals surface area contributed by atoms with Gasteiger partial charge in [-0.3, -0.25) is 0 Å². The van der Waals surface area contributed by atoms with E-state index in [2.05, 4.69) is 5.32 Å². The number of nitrogens with one attached hydrogen (secondary N) is 1. The molecule has 19 heavy (non-hydrogen) atoms. The number of amides is 1. The van der Waals surface area contributed by atoms with Crippen LogP contribution in [0, 0.1) is 0 Å². The molecule has 2 rings (SSSR count). The van der Waals surface area contributed by atoms with Gasteiger partial charge in [-0.25, -0.2) is 4.79 Å². The molecule has 1 spiro atoms. The maximum Gasteiger partial charge on any atom is 0.410 e. The van der Waals surface area contributed by atoms with Crippen LogP contribution >= 0.6 is 12.4 Å². The molecule has 0 saturated carbocycles. The summed E-state index contributed by atoms with van der Waals surface area (Å²) in [6.07, 6.45) is 1.89. The molecule has 2 aliphatic rings. The number of rotatable bonds is 0. The zero-order chi connectivity index (χ0) is 13.4. The molecule has 6 heteroatoms. The van der Waals surface area contributed by atoms with Gasteiger partial charge in [0.2, 0.25) is 0 Å². The van der Waals surface area contributed by atoms with E-state index in [1.165, 1.54) is 0 Å². The van der Waals surface area contributed by atoms with Crippen LogP contribution in [0.2, 0.25) is 0 Å². The lowest BCUT2D eigenvalue weighted by Gasteiger charge is -2.41. The number of piperidine rings is 1. The van der Waals surface area contributed by atoms with Crippen molar-refractivity contribution in [2.45, 2.75) is 57.3 Å². The summed E-state index contributed by atoms with van der Waals surface area (Å²) in [5.74, 6) is 0. The standard InChI is InChI=1S/C13H24N2O3.ClH/c1-12(2,3)18-11(17)15-8-5-13(6-9-15)10(16)4-7-14-13;/h10,14,16H,4-9H2,1-3H3;1H. The first kappa shape index (κ1) is 16.5. The molecule has 5 nitrogen and oxygen atoms in total. The van der Waals surface area contributed by atoms with Gasteiger partial charge in [0, 0.05) is 18.6 Å².